The van der Waals surface area contributed by atoms with Gasteiger partial charge in [0.25, 0.3) is 0 Å². The Balaban J connectivity index is 2.00. The molecule has 0 heterocycles. The first kappa shape index (κ1) is 13.5. The fraction of sp³-hybridized carbons (Fsp3) is 0.600. The van der Waals surface area contributed by atoms with Gasteiger partial charge < -0.3 is 10.1 Å². The molecule has 1 N–H and O–H groups in total. The first-order valence-electron chi connectivity index (χ1n) is 6.62. The van der Waals surface area contributed by atoms with Crippen molar-refractivity contribution in [2.45, 2.75) is 25.2 Å². The predicted molar refractivity (Wildman–Crippen MR) is 71.2 cm³/mol. The van der Waals surface area contributed by atoms with E-state index in [1.54, 1.807) is 19.2 Å². The molecular weight excluding hydrogens is 229 g/mol. The van der Waals surface area contributed by atoms with E-state index in [4.69, 9.17) is 4.74 Å². The molecule has 0 amide bonds. The second kappa shape index (κ2) is 5.81. The summed E-state index contributed by atoms with van der Waals surface area (Å²) in [4.78, 5) is 0. The van der Waals surface area contributed by atoms with Gasteiger partial charge in [-0.1, -0.05) is 19.1 Å². The van der Waals surface area contributed by atoms with Crippen LogP contribution in [0.4, 0.5) is 4.39 Å². The second-order valence-electron chi connectivity index (χ2n) is 5.47. The Bertz CT molecular complexity index is 371. The van der Waals surface area contributed by atoms with Crippen LogP contribution in [0.5, 0.6) is 0 Å². The van der Waals surface area contributed by atoms with Gasteiger partial charge in [0.2, 0.25) is 0 Å². The summed E-state index contributed by atoms with van der Waals surface area (Å²) in [6.07, 6.45) is 2.36. The average molecular weight is 251 g/mol. The Morgan fingerprint density at radius 3 is 2.56 bits per heavy atom. The Labute approximate surface area is 109 Å². The third-order valence-electron chi connectivity index (χ3n) is 3.88. The number of rotatable bonds is 6. The van der Waals surface area contributed by atoms with Crippen LogP contribution in [-0.4, -0.2) is 26.8 Å². The van der Waals surface area contributed by atoms with E-state index in [0.29, 0.717) is 0 Å². The van der Waals surface area contributed by atoms with Crippen molar-refractivity contribution >= 4 is 0 Å². The monoisotopic (exact) mass is 251 g/mol. The number of hydrogen-bond donors (Lipinski definition) is 1. The van der Waals surface area contributed by atoms with Gasteiger partial charge in [0.15, 0.2) is 0 Å². The van der Waals surface area contributed by atoms with Gasteiger partial charge in [-0.2, -0.15) is 0 Å². The lowest BCUT2D eigenvalue weighted by Crippen LogP contribution is -2.48. The summed E-state index contributed by atoms with van der Waals surface area (Å²) in [5.74, 6) is 0.605. The summed E-state index contributed by atoms with van der Waals surface area (Å²) >= 11 is 0. The van der Waals surface area contributed by atoms with Crippen molar-refractivity contribution in [3.63, 3.8) is 0 Å². The first-order chi connectivity index (χ1) is 8.66. The number of hydrogen-bond acceptors (Lipinski definition) is 2. The Kier molecular flexibility index (Phi) is 4.36. The number of ether oxygens (including phenoxy) is 1. The highest BCUT2D eigenvalue weighted by atomic mass is 19.1. The smallest absolute Gasteiger partial charge is 0.123 e. The van der Waals surface area contributed by atoms with Crippen molar-refractivity contribution in [3.8, 4) is 0 Å². The zero-order valence-electron chi connectivity index (χ0n) is 11.2. The van der Waals surface area contributed by atoms with Crippen molar-refractivity contribution in [1.29, 1.82) is 0 Å². The van der Waals surface area contributed by atoms with E-state index in [9.17, 15) is 4.39 Å². The van der Waals surface area contributed by atoms with Crippen LogP contribution in [0.2, 0.25) is 0 Å². The van der Waals surface area contributed by atoms with E-state index in [0.717, 1.165) is 25.6 Å². The van der Waals surface area contributed by atoms with Crippen LogP contribution in [0.3, 0.4) is 0 Å². The third-order valence-corrected chi connectivity index (χ3v) is 3.88. The molecular formula is C15H22FNO. The fourth-order valence-electron chi connectivity index (χ4n) is 3.06. The largest absolute Gasteiger partial charge is 0.383 e. The molecule has 3 heteroatoms. The van der Waals surface area contributed by atoms with Crippen LogP contribution < -0.4 is 5.32 Å². The van der Waals surface area contributed by atoms with Gasteiger partial charge in [0.05, 0.1) is 6.61 Å². The molecule has 0 saturated heterocycles. The molecule has 0 unspecified atom stereocenters. The molecule has 0 radical (unpaired) electrons. The molecule has 0 spiro atoms. The molecule has 2 nitrogen and oxygen atoms in total. The lowest BCUT2D eigenvalue weighted by atomic mass is 9.59. The van der Waals surface area contributed by atoms with Crippen LogP contribution in [0, 0.1) is 11.7 Å². The van der Waals surface area contributed by atoms with E-state index in [2.05, 4.69) is 12.2 Å². The number of methoxy groups -OCH3 is 1. The van der Waals surface area contributed by atoms with Gasteiger partial charge in [0.1, 0.15) is 5.82 Å². The van der Waals surface area contributed by atoms with Gasteiger partial charge in [-0.25, -0.2) is 4.39 Å². The molecule has 0 aliphatic heterocycles. The highest BCUT2D eigenvalue weighted by molar-refractivity contribution is 5.29. The quantitative estimate of drug-likeness (QED) is 0.785. The van der Waals surface area contributed by atoms with Crippen LogP contribution in [0.15, 0.2) is 24.3 Å². The highest BCUT2D eigenvalue weighted by Crippen LogP contribution is 2.47. The van der Waals surface area contributed by atoms with Crippen LogP contribution in [0.1, 0.15) is 25.3 Å². The molecule has 2 rings (SSSR count). The normalized spacial score (nSPS) is 26.9. The van der Waals surface area contributed by atoms with Gasteiger partial charge in [0, 0.05) is 25.6 Å². The maximum absolute atomic E-state index is 13.0. The highest BCUT2D eigenvalue weighted by Gasteiger charge is 2.42. The summed E-state index contributed by atoms with van der Waals surface area (Å²) < 4.78 is 18.0. The maximum Gasteiger partial charge on any atom is 0.123 e. The summed E-state index contributed by atoms with van der Waals surface area (Å²) in [7, 11) is 1.71. The van der Waals surface area contributed by atoms with Crippen molar-refractivity contribution in [1.82, 2.24) is 5.32 Å². The van der Waals surface area contributed by atoms with E-state index >= 15 is 0 Å². The predicted octanol–water partition coefficient (Wildman–Crippen LogP) is 2.73. The van der Waals surface area contributed by atoms with Crippen molar-refractivity contribution in [2.24, 2.45) is 5.92 Å². The first-order valence-corrected chi connectivity index (χ1v) is 6.62. The number of nitrogens with one attached hydrogen (secondary N) is 1. The van der Waals surface area contributed by atoms with Gasteiger partial charge in [-0.3, -0.25) is 0 Å². The molecule has 0 aromatic heterocycles. The van der Waals surface area contributed by atoms with E-state index in [-0.39, 0.29) is 11.2 Å². The molecule has 1 aliphatic carbocycles. The van der Waals surface area contributed by atoms with Crippen molar-refractivity contribution < 1.29 is 9.13 Å². The molecule has 18 heavy (non-hydrogen) atoms. The molecule has 1 saturated carbocycles. The molecule has 1 fully saturated rings. The van der Waals surface area contributed by atoms with Gasteiger partial charge >= 0.3 is 0 Å². The average Bonchev–Trinajstić information content (AvgIpc) is 2.33. The molecule has 1 aromatic carbocycles. The minimum Gasteiger partial charge on any atom is -0.383 e. The lowest BCUT2D eigenvalue weighted by Gasteiger charge is -2.47. The van der Waals surface area contributed by atoms with Gasteiger partial charge in [-0.15, -0.1) is 0 Å². The third kappa shape index (κ3) is 2.90. The zero-order valence-corrected chi connectivity index (χ0v) is 11.2. The van der Waals surface area contributed by atoms with Crippen LogP contribution in [0.25, 0.3) is 0 Å². The van der Waals surface area contributed by atoms with E-state index in [1.165, 1.54) is 18.4 Å². The fourth-order valence-corrected chi connectivity index (χ4v) is 3.06. The minimum atomic E-state index is -0.159. The summed E-state index contributed by atoms with van der Waals surface area (Å²) in [5, 5.41) is 3.44. The van der Waals surface area contributed by atoms with Crippen molar-refractivity contribution in [2.75, 3.05) is 26.8 Å². The van der Waals surface area contributed by atoms with Crippen LogP contribution in [-0.2, 0) is 10.2 Å². The summed E-state index contributed by atoms with van der Waals surface area (Å²) in [6, 6.07) is 6.99. The minimum absolute atomic E-state index is 0.159. The van der Waals surface area contributed by atoms with E-state index in [1.807, 2.05) is 12.1 Å². The van der Waals surface area contributed by atoms with E-state index < -0.39 is 0 Å². The molecule has 1 aliphatic rings. The van der Waals surface area contributed by atoms with Crippen LogP contribution >= 0.6 is 0 Å². The standard InChI is InChI=1S/C15H22FNO/c1-12-9-15(10-12,11-17-7-8-18-2)13-3-5-14(16)6-4-13/h3-6,12,17H,7-11H2,1-2H3. The SMILES string of the molecule is COCCNCC1(c2ccc(F)cc2)CC(C)C1. The molecule has 100 valence electrons. The molecule has 0 atom stereocenters. The topological polar surface area (TPSA) is 21.3 Å². The van der Waals surface area contributed by atoms with Crippen molar-refractivity contribution in [3.05, 3.63) is 35.6 Å². The summed E-state index contributed by atoms with van der Waals surface area (Å²) in [6.45, 7) is 4.83. The maximum atomic E-state index is 13.0. The Morgan fingerprint density at radius 2 is 2.00 bits per heavy atom. The second-order valence-corrected chi connectivity index (χ2v) is 5.47. The molecule has 0 bridgehead atoms. The number of benzene rings is 1. The zero-order chi connectivity index (χ0) is 13.0. The lowest BCUT2D eigenvalue weighted by molar-refractivity contribution is 0.144. The number of halogens is 1. The molecule has 1 aromatic rings. The Hall–Kier alpha value is -0.930. The van der Waals surface area contributed by atoms with Gasteiger partial charge in [-0.05, 0) is 36.5 Å². The Morgan fingerprint density at radius 1 is 1.33 bits per heavy atom. The summed E-state index contributed by atoms with van der Waals surface area (Å²) in [5.41, 5.74) is 1.45.